The van der Waals surface area contributed by atoms with E-state index in [2.05, 4.69) is 5.32 Å². The summed E-state index contributed by atoms with van der Waals surface area (Å²) in [6.45, 7) is 4.17. The highest BCUT2D eigenvalue weighted by atomic mass is 35.5. The first kappa shape index (κ1) is 31.5. The van der Waals surface area contributed by atoms with E-state index in [1.54, 1.807) is 30.3 Å². The fourth-order valence-electron chi connectivity index (χ4n) is 4.80. The van der Waals surface area contributed by atoms with E-state index in [1.165, 1.54) is 17.0 Å². The van der Waals surface area contributed by atoms with Gasteiger partial charge in [-0.3, -0.25) is 14.4 Å². The Bertz CT molecular complexity index is 1540. The Hall–Kier alpha value is -3.40. The van der Waals surface area contributed by atoms with Gasteiger partial charge in [-0.25, -0.2) is 12.7 Å². The second-order valence-electron chi connectivity index (χ2n) is 10.5. The maximum absolute atomic E-state index is 13.9. The van der Waals surface area contributed by atoms with E-state index < -0.39 is 27.9 Å². The van der Waals surface area contributed by atoms with Crippen LogP contribution in [0.2, 0.25) is 10.0 Å². The van der Waals surface area contributed by atoms with Gasteiger partial charge in [0, 0.05) is 48.1 Å². The van der Waals surface area contributed by atoms with Gasteiger partial charge >= 0.3 is 0 Å². The Kier molecular flexibility index (Phi) is 10.3. The Morgan fingerprint density at radius 1 is 0.929 bits per heavy atom. The molecule has 0 aliphatic carbocycles. The minimum absolute atomic E-state index is 0.0314. The van der Waals surface area contributed by atoms with E-state index in [0.29, 0.717) is 22.2 Å². The highest BCUT2D eigenvalue weighted by Gasteiger charge is 2.40. The zero-order chi connectivity index (χ0) is 30.4. The largest absolute Gasteiger partial charge is 0.354 e. The van der Waals surface area contributed by atoms with Crippen LogP contribution in [0.25, 0.3) is 0 Å². The first-order valence-electron chi connectivity index (χ1n) is 13.7. The molecule has 4 rings (SSSR count). The summed E-state index contributed by atoms with van der Waals surface area (Å²) in [7, 11) is -4.00. The molecule has 0 spiro atoms. The number of nitrogens with zero attached hydrogens (tertiary/aromatic N) is 2. The molecule has 1 unspecified atom stereocenters. The predicted molar refractivity (Wildman–Crippen MR) is 163 cm³/mol. The summed E-state index contributed by atoms with van der Waals surface area (Å²) >= 11 is 12.9. The first-order valence-corrected chi connectivity index (χ1v) is 15.9. The summed E-state index contributed by atoms with van der Waals surface area (Å²) in [5.41, 5.74) is 1.47. The Morgan fingerprint density at radius 2 is 1.57 bits per heavy atom. The second kappa shape index (κ2) is 13.7. The van der Waals surface area contributed by atoms with Crippen molar-refractivity contribution in [3.05, 3.63) is 99.5 Å². The molecule has 1 aliphatic heterocycles. The maximum atomic E-state index is 13.9. The zero-order valence-electron chi connectivity index (χ0n) is 23.4. The number of sulfonamides is 1. The van der Waals surface area contributed by atoms with Gasteiger partial charge in [0.2, 0.25) is 11.8 Å². The van der Waals surface area contributed by atoms with Gasteiger partial charge in [-0.15, -0.1) is 0 Å². The highest BCUT2D eigenvalue weighted by molar-refractivity contribution is 7.90. The summed E-state index contributed by atoms with van der Waals surface area (Å²) in [5, 5.41) is 3.66. The van der Waals surface area contributed by atoms with Crippen LogP contribution in [0.3, 0.4) is 0 Å². The van der Waals surface area contributed by atoms with Crippen molar-refractivity contribution >= 4 is 50.9 Å². The summed E-state index contributed by atoms with van der Waals surface area (Å²) < 4.78 is 26.8. The van der Waals surface area contributed by atoms with Crippen LogP contribution in [0.5, 0.6) is 0 Å². The van der Waals surface area contributed by atoms with Crippen molar-refractivity contribution in [2.24, 2.45) is 5.92 Å². The number of nitrogens with one attached hydrogen (secondary N) is 1. The Balaban J connectivity index is 1.60. The average molecular weight is 631 g/mol. The number of fused-ring (bicyclic) bond motifs is 1. The van der Waals surface area contributed by atoms with Crippen LogP contribution in [0.1, 0.15) is 48.2 Å². The molecule has 0 fully saturated rings. The molecule has 8 nitrogen and oxygen atoms in total. The molecule has 0 radical (unpaired) electrons. The third-order valence-corrected chi connectivity index (χ3v) is 9.56. The van der Waals surface area contributed by atoms with Crippen molar-refractivity contribution in [1.29, 1.82) is 0 Å². The predicted octanol–water partition coefficient (Wildman–Crippen LogP) is 5.33. The van der Waals surface area contributed by atoms with E-state index in [0.717, 1.165) is 9.87 Å². The van der Waals surface area contributed by atoms with Gasteiger partial charge in [0.1, 0.15) is 10.9 Å². The van der Waals surface area contributed by atoms with Gasteiger partial charge in [0.25, 0.3) is 15.9 Å². The summed E-state index contributed by atoms with van der Waals surface area (Å²) in [4.78, 5) is 41.7. The number of halogens is 2. The van der Waals surface area contributed by atoms with Crippen LogP contribution in [0, 0.1) is 5.92 Å². The van der Waals surface area contributed by atoms with Crippen molar-refractivity contribution in [2.45, 2.75) is 50.6 Å². The lowest BCUT2D eigenvalue weighted by Crippen LogP contribution is -2.51. The van der Waals surface area contributed by atoms with E-state index in [9.17, 15) is 22.8 Å². The van der Waals surface area contributed by atoms with Gasteiger partial charge in [-0.1, -0.05) is 85.6 Å². The Morgan fingerprint density at radius 3 is 2.21 bits per heavy atom. The molecule has 0 aromatic heterocycles. The van der Waals surface area contributed by atoms with Crippen LogP contribution < -0.4 is 5.32 Å². The van der Waals surface area contributed by atoms with Crippen LogP contribution in [-0.2, 0) is 32.6 Å². The summed E-state index contributed by atoms with van der Waals surface area (Å²) in [6, 6.07) is 19.5. The van der Waals surface area contributed by atoms with Crippen LogP contribution in [-0.4, -0.2) is 54.5 Å². The molecular weight excluding hydrogens is 597 g/mol. The van der Waals surface area contributed by atoms with Gasteiger partial charge in [0.05, 0.1) is 5.56 Å². The van der Waals surface area contributed by atoms with Crippen LogP contribution in [0.15, 0.2) is 77.7 Å². The van der Waals surface area contributed by atoms with Crippen LogP contribution in [0.4, 0.5) is 0 Å². The fourth-order valence-corrected chi connectivity index (χ4v) is 6.92. The molecule has 222 valence electrons. The Labute approximate surface area is 256 Å². The molecule has 0 saturated carbocycles. The molecule has 11 heteroatoms. The number of benzene rings is 3. The number of hydrogen-bond donors (Lipinski definition) is 1. The quantitative estimate of drug-likeness (QED) is 0.292. The molecule has 1 N–H and O–H groups in total. The van der Waals surface area contributed by atoms with E-state index in [1.807, 2.05) is 44.2 Å². The topological polar surface area (TPSA) is 104 Å². The number of hydrogen-bond acceptors (Lipinski definition) is 5. The third-order valence-electron chi connectivity index (χ3n) is 7.01. The van der Waals surface area contributed by atoms with E-state index >= 15 is 0 Å². The van der Waals surface area contributed by atoms with Crippen molar-refractivity contribution in [3.8, 4) is 0 Å². The highest BCUT2D eigenvalue weighted by Crippen LogP contribution is 2.31. The summed E-state index contributed by atoms with van der Waals surface area (Å²) in [6.07, 6.45) is 0.198. The lowest BCUT2D eigenvalue weighted by Gasteiger charge is -2.32. The maximum Gasteiger partial charge on any atom is 0.269 e. The van der Waals surface area contributed by atoms with Crippen molar-refractivity contribution in [2.75, 3.05) is 13.1 Å². The average Bonchev–Trinajstić information content (AvgIpc) is 3.16. The molecule has 42 heavy (non-hydrogen) atoms. The number of carbonyl (C=O) groups is 3. The number of rotatable bonds is 12. The molecule has 1 heterocycles. The van der Waals surface area contributed by atoms with Gasteiger partial charge in [0.15, 0.2) is 0 Å². The van der Waals surface area contributed by atoms with Crippen molar-refractivity contribution in [3.63, 3.8) is 0 Å². The van der Waals surface area contributed by atoms with Crippen molar-refractivity contribution in [1.82, 2.24) is 14.5 Å². The third kappa shape index (κ3) is 7.14. The monoisotopic (exact) mass is 629 g/mol. The minimum Gasteiger partial charge on any atom is -0.354 e. The smallest absolute Gasteiger partial charge is 0.269 e. The molecular formula is C31H33Cl2N3O5S. The molecule has 1 aliphatic rings. The van der Waals surface area contributed by atoms with E-state index in [-0.39, 0.29) is 54.6 Å². The molecule has 1 atom stereocenters. The molecule has 0 saturated heterocycles. The van der Waals surface area contributed by atoms with Gasteiger partial charge in [-0.2, -0.15) is 0 Å². The lowest BCUT2D eigenvalue weighted by molar-refractivity contribution is -0.141. The molecule has 3 aromatic carbocycles. The summed E-state index contributed by atoms with van der Waals surface area (Å²) in [5.74, 6) is -1.14. The number of carbonyl (C=O) groups excluding carboxylic acids is 3. The van der Waals surface area contributed by atoms with Gasteiger partial charge in [-0.05, 0) is 42.2 Å². The fraction of sp³-hybridized carbons (Fsp3) is 0.323. The zero-order valence-corrected chi connectivity index (χ0v) is 25.8. The van der Waals surface area contributed by atoms with Gasteiger partial charge < -0.3 is 10.2 Å². The normalized spacial score (nSPS) is 14.5. The standard InChI is InChI=1S/C31H33Cl2N3O5S/c1-21(2)19-34-30(38)27(18-22-10-4-3-5-11-22)35(20-24-25(32)13-8-14-26(24)33)29(37)16-9-17-36-31(39)23-12-6-7-15-28(23)42(36,40)41/h3-8,10-15,21,27H,9,16-20H2,1-2H3,(H,34,38). The second-order valence-corrected chi connectivity index (χ2v) is 13.2. The lowest BCUT2D eigenvalue weighted by atomic mass is 10.0. The molecule has 3 aromatic rings. The minimum atomic E-state index is -4.00. The van der Waals surface area contributed by atoms with Crippen LogP contribution >= 0.6 is 23.2 Å². The van der Waals surface area contributed by atoms with Crippen molar-refractivity contribution < 1.29 is 22.8 Å². The molecule has 3 amide bonds. The SMILES string of the molecule is CC(C)CNC(=O)C(Cc1ccccc1)N(Cc1c(Cl)cccc1Cl)C(=O)CCCN1C(=O)c2ccccc2S1(=O)=O. The molecule has 0 bridgehead atoms. The first-order chi connectivity index (χ1) is 20.0. The van der Waals surface area contributed by atoms with E-state index in [4.69, 9.17) is 23.2 Å². The number of amides is 3.